The highest BCUT2D eigenvalue weighted by Gasteiger charge is 1.97. The normalized spacial score (nSPS) is 10.1. The maximum atomic E-state index is 5.69. The number of hydrogen-bond acceptors (Lipinski definition) is 3. The average Bonchev–Trinajstić information content (AvgIpc) is 2.27. The van der Waals surface area contributed by atoms with E-state index in [2.05, 4.69) is 56.1 Å². The third-order valence-corrected chi connectivity index (χ3v) is 2.84. The van der Waals surface area contributed by atoms with Crippen molar-refractivity contribution in [3.63, 3.8) is 0 Å². The molecule has 0 aliphatic carbocycles. The minimum absolute atomic E-state index is 0.257. The standard InChI is InChI=1S/C11H9ClIN3/c12-11-14-5-4-10(16-11)15-7-8-2-1-3-9(13)6-8/h1-6H,7H2,(H,14,15,16). The number of hydrogen-bond donors (Lipinski definition) is 1. The van der Waals surface area contributed by atoms with E-state index in [1.807, 2.05) is 6.07 Å². The molecule has 3 nitrogen and oxygen atoms in total. The van der Waals surface area contributed by atoms with E-state index >= 15 is 0 Å². The number of aromatic nitrogens is 2. The van der Waals surface area contributed by atoms with Gasteiger partial charge >= 0.3 is 0 Å². The van der Waals surface area contributed by atoms with Crippen LogP contribution in [-0.2, 0) is 6.54 Å². The van der Waals surface area contributed by atoms with Gasteiger partial charge < -0.3 is 5.32 Å². The van der Waals surface area contributed by atoms with Crippen molar-refractivity contribution in [2.75, 3.05) is 5.32 Å². The number of anilines is 1. The van der Waals surface area contributed by atoms with Crippen molar-refractivity contribution in [1.29, 1.82) is 0 Å². The van der Waals surface area contributed by atoms with E-state index in [-0.39, 0.29) is 5.28 Å². The van der Waals surface area contributed by atoms with E-state index in [9.17, 15) is 0 Å². The predicted octanol–water partition coefficient (Wildman–Crippen LogP) is 3.35. The van der Waals surface area contributed by atoms with Crippen LogP contribution in [0.4, 0.5) is 5.82 Å². The van der Waals surface area contributed by atoms with Crippen molar-refractivity contribution in [3.05, 3.63) is 50.9 Å². The van der Waals surface area contributed by atoms with E-state index in [0.717, 1.165) is 12.4 Å². The van der Waals surface area contributed by atoms with E-state index in [1.54, 1.807) is 12.3 Å². The third kappa shape index (κ3) is 3.31. The molecule has 0 spiro atoms. The summed E-state index contributed by atoms with van der Waals surface area (Å²) >= 11 is 7.98. The highest BCUT2D eigenvalue weighted by molar-refractivity contribution is 14.1. The lowest BCUT2D eigenvalue weighted by atomic mass is 10.2. The van der Waals surface area contributed by atoms with Gasteiger partial charge in [-0.25, -0.2) is 9.97 Å². The lowest BCUT2D eigenvalue weighted by molar-refractivity contribution is 1.08. The van der Waals surface area contributed by atoms with Crippen LogP contribution < -0.4 is 5.32 Å². The summed E-state index contributed by atoms with van der Waals surface area (Å²) in [7, 11) is 0. The number of halogens is 2. The van der Waals surface area contributed by atoms with Crippen LogP contribution in [0.1, 0.15) is 5.56 Å². The molecule has 0 atom stereocenters. The molecule has 0 bridgehead atoms. The van der Waals surface area contributed by atoms with Crippen LogP contribution in [0.25, 0.3) is 0 Å². The zero-order chi connectivity index (χ0) is 11.4. The first-order valence-electron chi connectivity index (χ1n) is 4.71. The molecule has 2 rings (SSSR count). The second kappa shape index (κ2) is 5.45. The molecule has 0 aliphatic heterocycles. The fourth-order valence-corrected chi connectivity index (χ4v) is 2.03. The van der Waals surface area contributed by atoms with Gasteiger partial charge in [0.2, 0.25) is 5.28 Å². The first kappa shape index (κ1) is 11.6. The minimum Gasteiger partial charge on any atom is -0.366 e. The third-order valence-electron chi connectivity index (χ3n) is 1.99. The summed E-state index contributed by atoms with van der Waals surface area (Å²) in [5.74, 6) is 0.735. The van der Waals surface area contributed by atoms with Gasteiger partial charge in [-0.1, -0.05) is 12.1 Å². The summed E-state index contributed by atoms with van der Waals surface area (Å²) < 4.78 is 1.22. The van der Waals surface area contributed by atoms with Gasteiger partial charge in [0.1, 0.15) is 5.82 Å². The summed E-state index contributed by atoms with van der Waals surface area (Å²) in [6.45, 7) is 0.726. The predicted molar refractivity (Wildman–Crippen MR) is 73.5 cm³/mol. The van der Waals surface area contributed by atoms with Crippen LogP contribution in [0.5, 0.6) is 0 Å². The summed E-state index contributed by atoms with van der Waals surface area (Å²) in [6, 6.07) is 10.1. The number of rotatable bonds is 3. The Hall–Kier alpha value is -0.880. The van der Waals surface area contributed by atoms with Gasteiger partial charge in [0.05, 0.1) is 0 Å². The van der Waals surface area contributed by atoms with E-state index in [4.69, 9.17) is 11.6 Å². The second-order valence-electron chi connectivity index (χ2n) is 3.19. The van der Waals surface area contributed by atoms with Crippen LogP contribution in [0, 0.1) is 3.57 Å². The molecule has 0 amide bonds. The molecule has 0 saturated carbocycles. The van der Waals surface area contributed by atoms with Crippen LogP contribution in [0.3, 0.4) is 0 Å². The quantitative estimate of drug-likeness (QED) is 0.685. The molecular weight excluding hydrogens is 336 g/mol. The number of nitrogens with zero attached hydrogens (tertiary/aromatic N) is 2. The molecule has 16 heavy (non-hydrogen) atoms. The van der Waals surface area contributed by atoms with Crippen LogP contribution in [0.15, 0.2) is 36.5 Å². The molecule has 82 valence electrons. The molecule has 1 heterocycles. The maximum absolute atomic E-state index is 5.69. The Morgan fingerprint density at radius 1 is 1.31 bits per heavy atom. The molecule has 0 aliphatic rings. The molecule has 1 N–H and O–H groups in total. The SMILES string of the molecule is Clc1nccc(NCc2cccc(I)c2)n1. The number of benzene rings is 1. The first-order chi connectivity index (χ1) is 7.74. The molecule has 0 fully saturated rings. The van der Waals surface area contributed by atoms with Gasteiger partial charge in [-0.2, -0.15) is 0 Å². The molecule has 0 saturated heterocycles. The molecule has 0 unspecified atom stereocenters. The highest BCUT2D eigenvalue weighted by Crippen LogP contribution is 2.11. The zero-order valence-corrected chi connectivity index (χ0v) is 11.2. The van der Waals surface area contributed by atoms with Crippen molar-refractivity contribution in [2.24, 2.45) is 0 Å². The Balaban J connectivity index is 2.02. The van der Waals surface area contributed by atoms with Crippen molar-refractivity contribution in [1.82, 2.24) is 9.97 Å². The minimum atomic E-state index is 0.257. The van der Waals surface area contributed by atoms with Gasteiger partial charge in [0.15, 0.2) is 0 Å². The summed E-state index contributed by atoms with van der Waals surface area (Å²) in [4.78, 5) is 7.87. The first-order valence-corrected chi connectivity index (χ1v) is 6.16. The second-order valence-corrected chi connectivity index (χ2v) is 4.78. The van der Waals surface area contributed by atoms with Crippen LogP contribution >= 0.6 is 34.2 Å². The maximum Gasteiger partial charge on any atom is 0.224 e. The monoisotopic (exact) mass is 345 g/mol. The van der Waals surface area contributed by atoms with Gasteiger partial charge in [0, 0.05) is 16.3 Å². The van der Waals surface area contributed by atoms with Crippen LogP contribution in [-0.4, -0.2) is 9.97 Å². The lowest BCUT2D eigenvalue weighted by Crippen LogP contribution is -2.01. The Bertz CT molecular complexity index is 445. The smallest absolute Gasteiger partial charge is 0.224 e. The molecular formula is C11H9ClIN3. The van der Waals surface area contributed by atoms with Crippen molar-refractivity contribution >= 4 is 40.0 Å². The van der Waals surface area contributed by atoms with Gasteiger partial charge in [-0.05, 0) is 58.0 Å². The van der Waals surface area contributed by atoms with E-state index in [0.29, 0.717) is 0 Å². The molecule has 1 aromatic heterocycles. The Kier molecular flexibility index (Phi) is 3.95. The van der Waals surface area contributed by atoms with E-state index < -0.39 is 0 Å². The number of nitrogens with one attached hydrogen (secondary N) is 1. The fraction of sp³-hybridized carbons (Fsp3) is 0.0909. The lowest BCUT2D eigenvalue weighted by Gasteiger charge is -2.05. The topological polar surface area (TPSA) is 37.8 Å². The highest BCUT2D eigenvalue weighted by atomic mass is 127. The Morgan fingerprint density at radius 3 is 2.94 bits per heavy atom. The summed E-state index contributed by atoms with van der Waals surface area (Å²) in [5.41, 5.74) is 1.21. The van der Waals surface area contributed by atoms with Crippen molar-refractivity contribution in [3.8, 4) is 0 Å². The van der Waals surface area contributed by atoms with Crippen LogP contribution in [0.2, 0.25) is 5.28 Å². The van der Waals surface area contributed by atoms with E-state index in [1.165, 1.54) is 9.13 Å². The molecule has 5 heteroatoms. The zero-order valence-electron chi connectivity index (χ0n) is 8.32. The molecule has 0 radical (unpaired) electrons. The summed E-state index contributed by atoms with van der Waals surface area (Å²) in [5, 5.41) is 3.45. The van der Waals surface area contributed by atoms with Gasteiger partial charge in [0.25, 0.3) is 0 Å². The molecule has 1 aromatic carbocycles. The largest absolute Gasteiger partial charge is 0.366 e. The van der Waals surface area contributed by atoms with Crippen molar-refractivity contribution in [2.45, 2.75) is 6.54 Å². The Morgan fingerprint density at radius 2 is 2.19 bits per heavy atom. The van der Waals surface area contributed by atoms with Crippen molar-refractivity contribution < 1.29 is 0 Å². The van der Waals surface area contributed by atoms with Gasteiger partial charge in [-0.3, -0.25) is 0 Å². The summed E-state index contributed by atoms with van der Waals surface area (Å²) in [6.07, 6.45) is 1.63. The Labute approximate surface area is 112 Å². The average molecular weight is 346 g/mol. The fourth-order valence-electron chi connectivity index (χ4n) is 1.27. The van der Waals surface area contributed by atoms with Gasteiger partial charge in [-0.15, -0.1) is 0 Å². The molecule has 2 aromatic rings.